The lowest BCUT2D eigenvalue weighted by Crippen LogP contribution is -2.09. The lowest BCUT2D eigenvalue weighted by molar-refractivity contribution is 0.148. The SMILES string of the molecule is CCCC(F)/C(OCC)=C(/F)CC. The van der Waals surface area contributed by atoms with Gasteiger partial charge >= 0.3 is 0 Å². The topological polar surface area (TPSA) is 9.23 Å². The Labute approximate surface area is 78.8 Å². The van der Waals surface area contributed by atoms with E-state index in [2.05, 4.69) is 0 Å². The van der Waals surface area contributed by atoms with E-state index in [9.17, 15) is 8.78 Å². The minimum atomic E-state index is -1.29. The summed E-state index contributed by atoms with van der Waals surface area (Å²) in [4.78, 5) is 0. The van der Waals surface area contributed by atoms with Crippen molar-refractivity contribution in [2.24, 2.45) is 0 Å². The van der Waals surface area contributed by atoms with Crippen LogP contribution in [0.1, 0.15) is 40.0 Å². The lowest BCUT2D eigenvalue weighted by Gasteiger charge is -2.13. The highest BCUT2D eigenvalue weighted by molar-refractivity contribution is 5.05. The van der Waals surface area contributed by atoms with Gasteiger partial charge in [-0.25, -0.2) is 8.78 Å². The molecule has 0 saturated heterocycles. The third-order valence-corrected chi connectivity index (χ3v) is 1.70. The van der Waals surface area contributed by atoms with Gasteiger partial charge in [-0.2, -0.15) is 0 Å². The molecule has 0 spiro atoms. The highest BCUT2D eigenvalue weighted by Gasteiger charge is 2.17. The van der Waals surface area contributed by atoms with Crippen LogP contribution in [-0.2, 0) is 4.74 Å². The third kappa shape index (κ3) is 4.25. The van der Waals surface area contributed by atoms with Gasteiger partial charge in [0, 0.05) is 0 Å². The van der Waals surface area contributed by atoms with Crippen LogP contribution in [0.3, 0.4) is 0 Å². The Hall–Kier alpha value is -0.600. The molecule has 3 heteroatoms. The second-order valence-electron chi connectivity index (χ2n) is 2.81. The molecule has 0 rings (SSSR count). The molecular weight excluding hydrogens is 174 g/mol. The predicted molar refractivity (Wildman–Crippen MR) is 49.9 cm³/mol. The zero-order valence-corrected chi connectivity index (χ0v) is 8.57. The molecule has 0 saturated carbocycles. The van der Waals surface area contributed by atoms with Crippen LogP contribution >= 0.6 is 0 Å². The Morgan fingerprint density at radius 3 is 2.31 bits per heavy atom. The minimum absolute atomic E-state index is 0.105. The third-order valence-electron chi connectivity index (χ3n) is 1.70. The molecule has 0 heterocycles. The molecule has 0 amide bonds. The molecule has 13 heavy (non-hydrogen) atoms. The van der Waals surface area contributed by atoms with Gasteiger partial charge in [-0.05, 0) is 19.8 Å². The van der Waals surface area contributed by atoms with Crippen molar-refractivity contribution >= 4 is 0 Å². The van der Waals surface area contributed by atoms with Crippen molar-refractivity contribution in [3.05, 3.63) is 11.6 Å². The highest BCUT2D eigenvalue weighted by atomic mass is 19.1. The Kier molecular flexibility index (Phi) is 6.55. The molecule has 0 N–H and O–H groups in total. The second-order valence-corrected chi connectivity index (χ2v) is 2.81. The Bertz CT molecular complexity index is 166. The van der Waals surface area contributed by atoms with Gasteiger partial charge in [0.25, 0.3) is 0 Å². The summed E-state index contributed by atoms with van der Waals surface area (Å²) in [7, 11) is 0. The van der Waals surface area contributed by atoms with Gasteiger partial charge < -0.3 is 4.74 Å². The molecule has 0 radical (unpaired) electrons. The van der Waals surface area contributed by atoms with E-state index in [0.717, 1.165) is 0 Å². The fourth-order valence-electron chi connectivity index (χ4n) is 1.05. The summed E-state index contributed by atoms with van der Waals surface area (Å²) in [6.07, 6.45) is -0.0818. The van der Waals surface area contributed by atoms with Gasteiger partial charge in [0.1, 0.15) is 5.83 Å². The monoisotopic (exact) mass is 192 g/mol. The summed E-state index contributed by atoms with van der Waals surface area (Å²) in [5, 5.41) is 0. The van der Waals surface area contributed by atoms with Crippen LogP contribution in [0.15, 0.2) is 11.6 Å². The van der Waals surface area contributed by atoms with Crippen LogP contribution in [0.25, 0.3) is 0 Å². The van der Waals surface area contributed by atoms with Gasteiger partial charge in [-0.1, -0.05) is 20.3 Å². The van der Waals surface area contributed by atoms with E-state index in [4.69, 9.17) is 4.74 Å². The molecule has 0 aliphatic carbocycles. The molecule has 0 aromatic rings. The average Bonchev–Trinajstić information content (AvgIpc) is 2.13. The molecule has 78 valence electrons. The first-order valence-electron chi connectivity index (χ1n) is 4.82. The van der Waals surface area contributed by atoms with E-state index in [1.54, 1.807) is 13.8 Å². The molecule has 0 aliphatic rings. The standard InChI is InChI=1S/C10H18F2O/c1-4-7-9(12)10(13-6-3)8(11)5-2/h9H,4-7H2,1-3H3/b10-8-. The molecule has 0 fully saturated rings. The summed E-state index contributed by atoms with van der Waals surface area (Å²) < 4.78 is 31.3. The predicted octanol–water partition coefficient (Wildman–Crippen LogP) is 3.75. The normalized spacial score (nSPS) is 15.2. The molecule has 0 aromatic carbocycles. The molecule has 1 unspecified atom stereocenters. The van der Waals surface area contributed by atoms with Gasteiger partial charge in [-0.3, -0.25) is 0 Å². The summed E-state index contributed by atoms with van der Waals surface area (Å²) in [6.45, 7) is 5.54. The first-order chi connectivity index (χ1) is 6.17. The van der Waals surface area contributed by atoms with E-state index < -0.39 is 12.0 Å². The number of rotatable bonds is 6. The van der Waals surface area contributed by atoms with Crippen molar-refractivity contribution in [1.82, 2.24) is 0 Å². The maximum atomic E-state index is 13.3. The van der Waals surface area contributed by atoms with Crippen molar-refractivity contribution in [2.45, 2.75) is 46.2 Å². The van der Waals surface area contributed by atoms with E-state index in [-0.39, 0.29) is 12.2 Å². The molecule has 0 bridgehead atoms. The van der Waals surface area contributed by atoms with Crippen molar-refractivity contribution in [2.75, 3.05) is 6.61 Å². The fourth-order valence-corrected chi connectivity index (χ4v) is 1.05. The van der Waals surface area contributed by atoms with Crippen LogP contribution in [0, 0.1) is 0 Å². The first kappa shape index (κ1) is 12.4. The fraction of sp³-hybridized carbons (Fsp3) is 0.800. The number of halogens is 2. The lowest BCUT2D eigenvalue weighted by atomic mass is 10.1. The van der Waals surface area contributed by atoms with E-state index in [1.165, 1.54) is 0 Å². The maximum Gasteiger partial charge on any atom is 0.161 e. The van der Waals surface area contributed by atoms with Crippen molar-refractivity contribution < 1.29 is 13.5 Å². The summed E-state index contributed by atoms with van der Waals surface area (Å²) in [5.41, 5.74) is 0. The second kappa shape index (κ2) is 6.87. The minimum Gasteiger partial charge on any atom is -0.492 e. The van der Waals surface area contributed by atoms with Crippen LogP contribution in [0.4, 0.5) is 8.78 Å². The quantitative estimate of drug-likeness (QED) is 0.582. The largest absolute Gasteiger partial charge is 0.492 e. The zero-order valence-electron chi connectivity index (χ0n) is 8.57. The van der Waals surface area contributed by atoms with Crippen LogP contribution in [0.2, 0.25) is 0 Å². The van der Waals surface area contributed by atoms with Gasteiger partial charge in [0.2, 0.25) is 0 Å². The summed E-state index contributed by atoms with van der Waals surface area (Å²) in [6, 6.07) is 0. The number of allylic oxidation sites excluding steroid dienone is 2. The number of hydrogen-bond donors (Lipinski definition) is 0. The van der Waals surface area contributed by atoms with Crippen molar-refractivity contribution in [1.29, 1.82) is 0 Å². The summed E-state index contributed by atoms with van der Waals surface area (Å²) in [5.74, 6) is -0.574. The number of hydrogen-bond acceptors (Lipinski definition) is 1. The van der Waals surface area contributed by atoms with E-state index >= 15 is 0 Å². The van der Waals surface area contributed by atoms with Crippen LogP contribution in [0.5, 0.6) is 0 Å². The summed E-state index contributed by atoms with van der Waals surface area (Å²) >= 11 is 0. The van der Waals surface area contributed by atoms with E-state index in [0.29, 0.717) is 19.4 Å². The van der Waals surface area contributed by atoms with Crippen LogP contribution in [-0.4, -0.2) is 12.8 Å². The smallest absolute Gasteiger partial charge is 0.161 e. The molecule has 0 aromatic heterocycles. The highest BCUT2D eigenvalue weighted by Crippen LogP contribution is 2.21. The number of alkyl halides is 1. The van der Waals surface area contributed by atoms with Gasteiger partial charge in [0.05, 0.1) is 6.61 Å². The Morgan fingerprint density at radius 2 is 1.92 bits per heavy atom. The maximum absolute atomic E-state index is 13.3. The van der Waals surface area contributed by atoms with Crippen molar-refractivity contribution in [3.8, 4) is 0 Å². The molecule has 1 nitrogen and oxygen atoms in total. The number of ether oxygens (including phenoxy) is 1. The Morgan fingerprint density at radius 1 is 1.31 bits per heavy atom. The Balaban J connectivity index is 4.39. The van der Waals surface area contributed by atoms with E-state index in [1.807, 2.05) is 6.92 Å². The van der Waals surface area contributed by atoms with Crippen LogP contribution < -0.4 is 0 Å². The zero-order chi connectivity index (χ0) is 10.3. The molecule has 1 atom stereocenters. The molecule has 0 aliphatic heterocycles. The average molecular weight is 192 g/mol. The van der Waals surface area contributed by atoms with Crippen molar-refractivity contribution in [3.63, 3.8) is 0 Å². The van der Waals surface area contributed by atoms with Gasteiger partial charge in [-0.15, -0.1) is 0 Å². The first-order valence-corrected chi connectivity index (χ1v) is 4.82. The van der Waals surface area contributed by atoms with Gasteiger partial charge in [0.15, 0.2) is 11.9 Å². The molecular formula is C10H18F2O.